The summed E-state index contributed by atoms with van der Waals surface area (Å²) in [6.07, 6.45) is -0.490. The molecule has 0 bridgehead atoms. The standard InChI is InChI=1S/C23H30N2O4/c1-17-9-18(2)11-21(10-17)27-15-20(26)14-25-7-5-24(6-8-25)13-19-3-4-22-23(12-19)29-16-28-22/h3-4,9-12,20,26H,5-8,13-16H2,1-2H3/t20-/m0/s1. The molecule has 4 rings (SSSR count). The summed E-state index contributed by atoms with van der Waals surface area (Å²) in [6.45, 7) is 10.2. The maximum absolute atomic E-state index is 10.4. The highest BCUT2D eigenvalue weighted by atomic mass is 16.7. The Kier molecular flexibility index (Phi) is 6.23. The van der Waals surface area contributed by atoms with Crippen LogP contribution in [0, 0.1) is 13.8 Å². The van der Waals surface area contributed by atoms with Gasteiger partial charge in [-0.2, -0.15) is 0 Å². The molecule has 6 nitrogen and oxygen atoms in total. The molecule has 1 atom stereocenters. The topological polar surface area (TPSA) is 54.4 Å². The smallest absolute Gasteiger partial charge is 0.231 e. The largest absolute Gasteiger partial charge is 0.491 e. The number of fused-ring (bicyclic) bond motifs is 1. The molecule has 1 saturated heterocycles. The van der Waals surface area contributed by atoms with Gasteiger partial charge in [0.15, 0.2) is 11.5 Å². The Morgan fingerprint density at radius 3 is 2.38 bits per heavy atom. The fourth-order valence-corrected chi connectivity index (χ4v) is 3.99. The van der Waals surface area contributed by atoms with Crippen molar-refractivity contribution in [2.75, 3.05) is 46.1 Å². The second kappa shape index (κ2) is 9.03. The molecule has 0 unspecified atom stereocenters. The molecule has 2 aromatic carbocycles. The molecule has 0 spiro atoms. The van der Waals surface area contributed by atoms with Crippen molar-refractivity contribution >= 4 is 0 Å². The Hall–Kier alpha value is -2.28. The fraction of sp³-hybridized carbons (Fsp3) is 0.478. The van der Waals surface area contributed by atoms with Crippen molar-refractivity contribution in [2.45, 2.75) is 26.5 Å². The van der Waals surface area contributed by atoms with Crippen molar-refractivity contribution in [1.29, 1.82) is 0 Å². The van der Waals surface area contributed by atoms with Crippen LogP contribution in [0.4, 0.5) is 0 Å². The van der Waals surface area contributed by atoms with Gasteiger partial charge in [-0.15, -0.1) is 0 Å². The first-order valence-electron chi connectivity index (χ1n) is 10.3. The zero-order valence-corrected chi connectivity index (χ0v) is 17.3. The van der Waals surface area contributed by atoms with Crippen molar-refractivity contribution in [3.05, 3.63) is 53.1 Å². The van der Waals surface area contributed by atoms with E-state index in [1.165, 1.54) is 16.7 Å². The lowest BCUT2D eigenvalue weighted by molar-refractivity contribution is 0.0446. The van der Waals surface area contributed by atoms with Crippen LogP contribution in [-0.4, -0.2) is 67.1 Å². The molecule has 0 aliphatic carbocycles. The third kappa shape index (κ3) is 5.41. The number of hydrogen-bond acceptors (Lipinski definition) is 6. The Labute approximate surface area is 172 Å². The Balaban J connectivity index is 1.19. The SMILES string of the molecule is Cc1cc(C)cc(OC[C@@H](O)CN2CCN(Cc3ccc4c(c3)OCO4)CC2)c1. The predicted octanol–water partition coefficient (Wildman–Crippen LogP) is 2.59. The van der Waals surface area contributed by atoms with Crippen molar-refractivity contribution < 1.29 is 19.3 Å². The van der Waals surface area contributed by atoms with Crippen LogP contribution in [0.25, 0.3) is 0 Å². The van der Waals surface area contributed by atoms with Crippen LogP contribution in [0.5, 0.6) is 17.2 Å². The lowest BCUT2D eigenvalue weighted by Crippen LogP contribution is -2.48. The normalized spacial score (nSPS) is 18.0. The summed E-state index contributed by atoms with van der Waals surface area (Å²) in [5.41, 5.74) is 3.59. The number of β-amino-alcohol motifs (C(OH)–C–C–N with tert-alkyl or cyclic N) is 1. The number of hydrogen-bond donors (Lipinski definition) is 1. The molecule has 2 aliphatic heterocycles. The monoisotopic (exact) mass is 398 g/mol. The highest BCUT2D eigenvalue weighted by molar-refractivity contribution is 5.44. The van der Waals surface area contributed by atoms with Gasteiger partial charge in [0.2, 0.25) is 6.79 Å². The van der Waals surface area contributed by atoms with Crippen LogP contribution in [0.15, 0.2) is 36.4 Å². The summed E-state index contributed by atoms with van der Waals surface area (Å²) in [4.78, 5) is 4.75. The van der Waals surface area contributed by atoms with E-state index < -0.39 is 6.10 Å². The highest BCUT2D eigenvalue weighted by Gasteiger charge is 2.21. The summed E-state index contributed by atoms with van der Waals surface area (Å²) in [5.74, 6) is 2.50. The number of aliphatic hydroxyl groups is 1. The van der Waals surface area contributed by atoms with Gasteiger partial charge in [-0.1, -0.05) is 12.1 Å². The van der Waals surface area contributed by atoms with Crippen LogP contribution in [0.2, 0.25) is 0 Å². The Morgan fingerprint density at radius 1 is 0.931 bits per heavy atom. The average molecular weight is 399 g/mol. The molecule has 156 valence electrons. The molecule has 0 radical (unpaired) electrons. The van der Waals surface area contributed by atoms with Gasteiger partial charge in [-0.25, -0.2) is 0 Å². The molecule has 2 aliphatic rings. The van der Waals surface area contributed by atoms with E-state index in [0.717, 1.165) is 50.0 Å². The van der Waals surface area contributed by atoms with E-state index in [4.69, 9.17) is 14.2 Å². The number of aryl methyl sites for hydroxylation is 2. The number of piperazine rings is 1. The third-order valence-corrected chi connectivity index (χ3v) is 5.41. The van der Waals surface area contributed by atoms with Crippen LogP contribution < -0.4 is 14.2 Å². The molecule has 6 heteroatoms. The van der Waals surface area contributed by atoms with E-state index in [-0.39, 0.29) is 0 Å². The average Bonchev–Trinajstić information content (AvgIpc) is 3.15. The van der Waals surface area contributed by atoms with E-state index in [1.54, 1.807) is 0 Å². The van der Waals surface area contributed by atoms with Crippen molar-refractivity contribution in [3.63, 3.8) is 0 Å². The zero-order valence-electron chi connectivity index (χ0n) is 17.3. The van der Waals surface area contributed by atoms with Gasteiger partial charge in [-0.3, -0.25) is 9.80 Å². The minimum absolute atomic E-state index is 0.312. The second-order valence-electron chi connectivity index (χ2n) is 8.05. The highest BCUT2D eigenvalue weighted by Crippen LogP contribution is 2.32. The quantitative estimate of drug-likeness (QED) is 0.774. The van der Waals surface area contributed by atoms with Gasteiger partial charge < -0.3 is 19.3 Å². The van der Waals surface area contributed by atoms with Gasteiger partial charge in [0.1, 0.15) is 18.5 Å². The lowest BCUT2D eigenvalue weighted by Gasteiger charge is -2.35. The van der Waals surface area contributed by atoms with E-state index >= 15 is 0 Å². The van der Waals surface area contributed by atoms with E-state index in [9.17, 15) is 5.11 Å². The van der Waals surface area contributed by atoms with E-state index in [2.05, 4.69) is 41.8 Å². The first-order valence-corrected chi connectivity index (χ1v) is 10.3. The zero-order chi connectivity index (χ0) is 20.2. The van der Waals surface area contributed by atoms with E-state index in [1.807, 2.05) is 18.2 Å². The molecule has 2 aromatic rings. The summed E-state index contributed by atoms with van der Waals surface area (Å²) in [6, 6.07) is 12.3. The maximum Gasteiger partial charge on any atom is 0.231 e. The Bertz CT molecular complexity index is 813. The van der Waals surface area contributed by atoms with Crippen LogP contribution in [0.3, 0.4) is 0 Å². The number of rotatable bonds is 7. The molecule has 29 heavy (non-hydrogen) atoms. The molecule has 1 fully saturated rings. The van der Waals surface area contributed by atoms with Gasteiger partial charge in [0, 0.05) is 39.3 Å². The predicted molar refractivity (Wildman–Crippen MR) is 112 cm³/mol. The van der Waals surface area contributed by atoms with Gasteiger partial charge in [0.25, 0.3) is 0 Å². The molecule has 1 N–H and O–H groups in total. The molecule has 0 amide bonds. The maximum atomic E-state index is 10.4. The fourth-order valence-electron chi connectivity index (χ4n) is 3.99. The van der Waals surface area contributed by atoms with Crippen LogP contribution >= 0.6 is 0 Å². The molecular weight excluding hydrogens is 368 g/mol. The summed E-state index contributed by atoms with van der Waals surface area (Å²) >= 11 is 0. The molecular formula is C23H30N2O4. The minimum atomic E-state index is -0.490. The Morgan fingerprint density at radius 2 is 1.62 bits per heavy atom. The molecule has 0 saturated carbocycles. The summed E-state index contributed by atoms with van der Waals surface area (Å²) in [5, 5.41) is 10.4. The lowest BCUT2D eigenvalue weighted by atomic mass is 10.1. The van der Waals surface area contributed by atoms with Crippen LogP contribution in [0.1, 0.15) is 16.7 Å². The van der Waals surface area contributed by atoms with Crippen molar-refractivity contribution in [3.8, 4) is 17.2 Å². The van der Waals surface area contributed by atoms with Gasteiger partial charge >= 0.3 is 0 Å². The number of ether oxygens (including phenoxy) is 3. The van der Waals surface area contributed by atoms with Crippen molar-refractivity contribution in [1.82, 2.24) is 9.80 Å². The minimum Gasteiger partial charge on any atom is -0.491 e. The summed E-state index contributed by atoms with van der Waals surface area (Å²) < 4.78 is 16.6. The molecule has 0 aromatic heterocycles. The number of nitrogens with zero attached hydrogens (tertiary/aromatic N) is 2. The van der Waals surface area contributed by atoms with E-state index in [0.29, 0.717) is 19.9 Å². The van der Waals surface area contributed by atoms with Gasteiger partial charge in [0.05, 0.1) is 0 Å². The van der Waals surface area contributed by atoms with Crippen molar-refractivity contribution in [2.24, 2.45) is 0 Å². The summed E-state index contributed by atoms with van der Waals surface area (Å²) in [7, 11) is 0. The number of aliphatic hydroxyl groups excluding tert-OH is 1. The number of benzene rings is 2. The first-order chi connectivity index (χ1) is 14.0. The first kappa shape index (κ1) is 20.0. The van der Waals surface area contributed by atoms with Gasteiger partial charge in [-0.05, 0) is 54.8 Å². The third-order valence-electron chi connectivity index (χ3n) is 5.41. The second-order valence-corrected chi connectivity index (χ2v) is 8.05. The molecule has 2 heterocycles. The van der Waals surface area contributed by atoms with Crippen LogP contribution in [-0.2, 0) is 6.54 Å².